The first-order chi connectivity index (χ1) is 6.61. The maximum Gasteiger partial charge on any atom is 0.0689 e. The molecule has 2 heteroatoms. The zero-order valence-corrected chi connectivity index (χ0v) is 10.2. The van der Waals surface area contributed by atoms with Crippen molar-refractivity contribution < 1.29 is 5.11 Å². The molecule has 0 aliphatic carbocycles. The lowest BCUT2D eigenvalue weighted by atomic mass is 10.0. The Hall–Kier alpha value is -0.0800. The molecule has 0 heterocycles. The molecule has 0 bridgehead atoms. The molecular formula is C12H27NO. The van der Waals surface area contributed by atoms with Crippen LogP contribution in [0.4, 0.5) is 0 Å². The van der Waals surface area contributed by atoms with Crippen LogP contribution in [0.2, 0.25) is 0 Å². The van der Waals surface area contributed by atoms with E-state index in [1.54, 1.807) is 0 Å². The third-order valence-corrected chi connectivity index (χ3v) is 2.93. The van der Waals surface area contributed by atoms with Gasteiger partial charge in [-0.1, -0.05) is 40.5 Å². The minimum absolute atomic E-state index is 0.186. The van der Waals surface area contributed by atoms with Crippen molar-refractivity contribution in [1.82, 2.24) is 5.32 Å². The van der Waals surface area contributed by atoms with Gasteiger partial charge in [-0.3, -0.25) is 0 Å². The second-order valence-corrected chi connectivity index (χ2v) is 4.50. The Morgan fingerprint density at radius 1 is 1.14 bits per heavy atom. The van der Waals surface area contributed by atoms with Gasteiger partial charge in [0.25, 0.3) is 0 Å². The molecule has 3 unspecified atom stereocenters. The Kier molecular flexibility index (Phi) is 8.20. The van der Waals surface area contributed by atoms with Crippen molar-refractivity contribution in [3.05, 3.63) is 0 Å². The first-order valence-corrected chi connectivity index (χ1v) is 6.00. The van der Waals surface area contributed by atoms with E-state index < -0.39 is 0 Å². The van der Waals surface area contributed by atoms with Crippen molar-refractivity contribution in [2.75, 3.05) is 13.1 Å². The molecule has 2 N–H and O–H groups in total. The summed E-state index contributed by atoms with van der Waals surface area (Å²) in [6.07, 6.45) is 3.38. The van der Waals surface area contributed by atoms with Gasteiger partial charge < -0.3 is 10.4 Å². The Bertz CT molecular complexity index is 127. The summed E-state index contributed by atoms with van der Waals surface area (Å²) in [5, 5.41) is 13.0. The van der Waals surface area contributed by atoms with Crippen molar-refractivity contribution >= 4 is 0 Å². The highest BCUT2D eigenvalue weighted by Crippen LogP contribution is 2.07. The summed E-state index contributed by atoms with van der Waals surface area (Å²) in [5.74, 6) is 1.13. The molecule has 0 amide bonds. The lowest BCUT2D eigenvalue weighted by molar-refractivity contribution is 0.112. The summed E-state index contributed by atoms with van der Waals surface area (Å²) in [7, 11) is 0. The van der Waals surface area contributed by atoms with Crippen molar-refractivity contribution in [2.24, 2.45) is 11.8 Å². The highest BCUT2D eigenvalue weighted by Gasteiger charge is 2.11. The molecule has 0 fully saturated rings. The van der Waals surface area contributed by atoms with Crippen LogP contribution in [-0.4, -0.2) is 24.3 Å². The summed E-state index contributed by atoms with van der Waals surface area (Å²) in [4.78, 5) is 0. The molecule has 0 saturated carbocycles. The molecule has 0 radical (unpaired) electrons. The van der Waals surface area contributed by atoms with Gasteiger partial charge in [-0.2, -0.15) is 0 Å². The first kappa shape index (κ1) is 13.9. The quantitative estimate of drug-likeness (QED) is 0.632. The maximum atomic E-state index is 9.70. The third-order valence-electron chi connectivity index (χ3n) is 2.93. The van der Waals surface area contributed by atoms with Crippen LogP contribution in [0.5, 0.6) is 0 Å². The maximum absolute atomic E-state index is 9.70. The molecule has 0 aliphatic rings. The summed E-state index contributed by atoms with van der Waals surface area (Å²) in [6, 6.07) is 0. The van der Waals surface area contributed by atoms with Crippen LogP contribution in [0.1, 0.15) is 47.0 Å². The van der Waals surface area contributed by atoms with Gasteiger partial charge in [-0.25, -0.2) is 0 Å². The summed E-state index contributed by atoms with van der Waals surface area (Å²) in [5.41, 5.74) is 0. The van der Waals surface area contributed by atoms with E-state index in [1.807, 2.05) is 0 Å². The van der Waals surface area contributed by atoms with Gasteiger partial charge in [-0.05, 0) is 24.8 Å². The number of aliphatic hydroxyl groups is 1. The van der Waals surface area contributed by atoms with Crippen LogP contribution in [-0.2, 0) is 0 Å². The van der Waals surface area contributed by atoms with E-state index in [0.29, 0.717) is 5.92 Å². The number of hydrogen-bond donors (Lipinski definition) is 2. The van der Waals surface area contributed by atoms with E-state index in [9.17, 15) is 5.11 Å². The van der Waals surface area contributed by atoms with E-state index >= 15 is 0 Å². The summed E-state index contributed by atoms with van der Waals surface area (Å²) >= 11 is 0. The molecule has 0 aromatic rings. The largest absolute Gasteiger partial charge is 0.392 e. The second-order valence-electron chi connectivity index (χ2n) is 4.50. The zero-order valence-electron chi connectivity index (χ0n) is 10.2. The Balaban J connectivity index is 3.43. The van der Waals surface area contributed by atoms with Crippen LogP contribution in [0.25, 0.3) is 0 Å². The molecular weight excluding hydrogens is 174 g/mol. The molecule has 86 valence electrons. The van der Waals surface area contributed by atoms with Crippen LogP contribution in [0.15, 0.2) is 0 Å². The fraction of sp³-hybridized carbons (Fsp3) is 1.00. The fourth-order valence-electron chi connectivity index (χ4n) is 1.55. The van der Waals surface area contributed by atoms with Crippen molar-refractivity contribution in [1.29, 1.82) is 0 Å². The summed E-state index contributed by atoms with van der Waals surface area (Å²) < 4.78 is 0. The lowest BCUT2D eigenvalue weighted by Crippen LogP contribution is -2.33. The van der Waals surface area contributed by atoms with Gasteiger partial charge in [0.2, 0.25) is 0 Å². The smallest absolute Gasteiger partial charge is 0.0689 e. The molecule has 0 aliphatic heterocycles. The SMILES string of the molecule is CCCC(C)CNCC(O)C(C)CC. The van der Waals surface area contributed by atoms with Crippen molar-refractivity contribution in [3.63, 3.8) is 0 Å². The molecule has 0 aromatic heterocycles. The van der Waals surface area contributed by atoms with Gasteiger partial charge in [0.05, 0.1) is 6.10 Å². The van der Waals surface area contributed by atoms with E-state index in [2.05, 4.69) is 33.0 Å². The second kappa shape index (κ2) is 8.25. The third kappa shape index (κ3) is 6.39. The molecule has 0 rings (SSSR count). The normalized spacial score (nSPS) is 17.8. The van der Waals surface area contributed by atoms with Crippen LogP contribution >= 0.6 is 0 Å². The number of aliphatic hydroxyl groups excluding tert-OH is 1. The van der Waals surface area contributed by atoms with E-state index in [0.717, 1.165) is 25.4 Å². The predicted octanol–water partition coefficient (Wildman–Crippen LogP) is 2.42. The van der Waals surface area contributed by atoms with Crippen molar-refractivity contribution in [2.45, 2.75) is 53.1 Å². The summed E-state index contributed by atoms with van der Waals surface area (Å²) in [6.45, 7) is 10.5. The average Bonchev–Trinajstić information content (AvgIpc) is 2.16. The van der Waals surface area contributed by atoms with Crippen LogP contribution in [0, 0.1) is 11.8 Å². The number of rotatable bonds is 8. The molecule has 0 aromatic carbocycles. The van der Waals surface area contributed by atoms with Crippen molar-refractivity contribution in [3.8, 4) is 0 Å². The minimum Gasteiger partial charge on any atom is -0.392 e. The molecule has 0 spiro atoms. The van der Waals surface area contributed by atoms with Crippen LogP contribution < -0.4 is 5.32 Å². The Morgan fingerprint density at radius 2 is 1.79 bits per heavy atom. The van der Waals surface area contributed by atoms with Gasteiger partial charge in [0.15, 0.2) is 0 Å². The molecule has 0 saturated heterocycles. The average molecular weight is 201 g/mol. The van der Waals surface area contributed by atoms with Crippen LogP contribution in [0.3, 0.4) is 0 Å². The predicted molar refractivity (Wildman–Crippen MR) is 62.4 cm³/mol. The number of hydrogen-bond acceptors (Lipinski definition) is 2. The topological polar surface area (TPSA) is 32.3 Å². The van der Waals surface area contributed by atoms with Gasteiger partial charge in [-0.15, -0.1) is 0 Å². The van der Waals surface area contributed by atoms with Gasteiger partial charge >= 0.3 is 0 Å². The van der Waals surface area contributed by atoms with E-state index in [4.69, 9.17) is 0 Å². The van der Waals surface area contributed by atoms with E-state index in [-0.39, 0.29) is 6.10 Å². The zero-order chi connectivity index (χ0) is 11.0. The van der Waals surface area contributed by atoms with E-state index in [1.165, 1.54) is 12.8 Å². The molecule has 3 atom stereocenters. The fourth-order valence-corrected chi connectivity index (χ4v) is 1.55. The highest BCUT2D eigenvalue weighted by atomic mass is 16.3. The van der Waals surface area contributed by atoms with Gasteiger partial charge in [0.1, 0.15) is 0 Å². The molecule has 2 nitrogen and oxygen atoms in total. The first-order valence-electron chi connectivity index (χ1n) is 6.00. The Morgan fingerprint density at radius 3 is 2.29 bits per heavy atom. The minimum atomic E-state index is -0.186. The standard InChI is InChI=1S/C12H27NO/c1-5-7-10(3)8-13-9-12(14)11(4)6-2/h10-14H,5-9H2,1-4H3. The molecule has 14 heavy (non-hydrogen) atoms. The Labute approximate surface area is 89.1 Å². The monoisotopic (exact) mass is 201 g/mol. The highest BCUT2D eigenvalue weighted by molar-refractivity contribution is 4.66. The van der Waals surface area contributed by atoms with Gasteiger partial charge in [0, 0.05) is 6.54 Å². The lowest BCUT2D eigenvalue weighted by Gasteiger charge is -2.19. The number of nitrogens with one attached hydrogen (secondary N) is 1.